The van der Waals surface area contributed by atoms with Crippen LogP contribution in [0, 0.1) is 23.7 Å². The van der Waals surface area contributed by atoms with Crippen LogP contribution in [0.2, 0.25) is 0 Å². The molecule has 1 unspecified atom stereocenters. The SMILES string of the molecule is [2H]C1[C@H](C)[C@@H]([C@@H](C)CC)O[C@@]2(C[C@@H]3C[C@@H](C/C=C(\C)[C@@H](O[C@H]4C[C@H](OC)[C@@H](O[C@H]5C[C@H](OC)[C@@H](O)[C@H](C)O5)[C@H](C)O4)[C@@H](C)/C=C/C=C4CO[C@@H]5[C@H](O)C(C)=C[C@@H](C(=O)O3)[C@]45O)O2)[C@H]1[2H]. The summed E-state index contributed by atoms with van der Waals surface area (Å²) in [7, 11) is 3.19. The lowest BCUT2D eigenvalue weighted by molar-refractivity contribution is -0.340. The number of aliphatic hydroxyl groups excluding tert-OH is 2. The van der Waals surface area contributed by atoms with Gasteiger partial charge in [-0.05, 0) is 69.1 Å². The van der Waals surface area contributed by atoms with Gasteiger partial charge in [0, 0.05) is 55.0 Å². The van der Waals surface area contributed by atoms with Crippen LogP contribution in [0.3, 0.4) is 0 Å². The number of methoxy groups -OCH3 is 2. The quantitative estimate of drug-likeness (QED) is 0.204. The molecule has 5 fully saturated rings. The first-order valence-electron chi connectivity index (χ1n) is 24.0. The van der Waals surface area contributed by atoms with Gasteiger partial charge in [-0.2, -0.15) is 0 Å². The number of carbonyl (C=O) groups excluding carboxylic acids is 1. The molecular weight excluding hydrogens is 801 g/mol. The van der Waals surface area contributed by atoms with Crippen LogP contribution in [-0.2, 0) is 52.2 Å². The number of hydrogen-bond donors (Lipinski definition) is 3. The maximum absolute atomic E-state index is 14.4. The van der Waals surface area contributed by atoms with Crippen molar-refractivity contribution in [3.63, 3.8) is 0 Å². The highest BCUT2D eigenvalue weighted by molar-refractivity contribution is 5.78. The van der Waals surface area contributed by atoms with E-state index in [4.69, 9.17) is 47.4 Å². The molecule has 0 amide bonds. The van der Waals surface area contributed by atoms with Crippen LogP contribution >= 0.6 is 0 Å². The van der Waals surface area contributed by atoms with Gasteiger partial charge in [0.15, 0.2) is 18.4 Å². The minimum atomic E-state index is -1.90. The Kier molecular flexibility index (Phi) is 14.4. The Morgan fingerprint density at radius 1 is 0.952 bits per heavy atom. The van der Waals surface area contributed by atoms with Gasteiger partial charge in [0.2, 0.25) is 0 Å². The van der Waals surface area contributed by atoms with Gasteiger partial charge in [0.05, 0.1) is 49.3 Å². The second-order valence-corrected chi connectivity index (χ2v) is 19.0. The number of esters is 1. The molecule has 7 rings (SSSR count). The first kappa shape index (κ1) is 45.1. The lowest BCUT2D eigenvalue weighted by Crippen LogP contribution is -2.58. The van der Waals surface area contributed by atoms with Crippen LogP contribution in [0.1, 0.15) is 109 Å². The van der Waals surface area contributed by atoms with E-state index in [0.717, 1.165) is 12.0 Å². The van der Waals surface area contributed by atoms with Crippen LogP contribution in [-0.4, -0.2) is 139 Å². The zero-order chi connectivity index (χ0) is 46.4. The maximum atomic E-state index is 14.4. The Bertz CT molecular complexity index is 1760. The molecule has 0 aromatic rings. The summed E-state index contributed by atoms with van der Waals surface area (Å²) in [6.07, 6.45) is 0.638. The predicted molar refractivity (Wildman–Crippen MR) is 227 cm³/mol. The van der Waals surface area contributed by atoms with Crippen molar-refractivity contribution < 1.29 is 70.2 Å². The molecule has 22 atom stereocenters. The third kappa shape index (κ3) is 9.73. The van der Waals surface area contributed by atoms with Crippen molar-refractivity contribution >= 4 is 5.97 Å². The summed E-state index contributed by atoms with van der Waals surface area (Å²) in [6, 6.07) is 0. The highest BCUT2D eigenvalue weighted by Crippen LogP contribution is 2.48. The van der Waals surface area contributed by atoms with E-state index in [2.05, 4.69) is 19.9 Å². The van der Waals surface area contributed by atoms with Gasteiger partial charge in [-0.15, -0.1) is 0 Å². The summed E-state index contributed by atoms with van der Waals surface area (Å²) < 4.78 is 82.1. The van der Waals surface area contributed by atoms with Crippen molar-refractivity contribution in [2.45, 2.75) is 204 Å². The third-order valence-electron chi connectivity index (χ3n) is 14.5. The molecule has 6 aliphatic heterocycles. The van der Waals surface area contributed by atoms with Gasteiger partial charge >= 0.3 is 5.97 Å². The van der Waals surface area contributed by atoms with Crippen molar-refractivity contribution in [2.75, 3.05) is 20.8 Å². The molecule has 0 saturated carbocycles. The molecule has 2 bridgehead atoms. The number of rotatable bonds is 8. The van der Waals surface area contributed by atoms with E-state index in [9.17, 15) is 22.9 Å². The summed E-state index contributed by atoms with van der Waals surface area (Å²) in [5.41, 5.74) is -0.0927. The average molecular weight is 877 g/mol. The summed E-state index contributed by atoms with van der Waals surface area (Å²) in [6.45, 7) is 15.5. The lowest BCUT2D eigenvalue weighted by Gasteiger charge is -2.51. The van der Waals surface area contributed by atoms with Gasteiger partial charge < -0.3 is 62.7 Å². The molecule has 0 aromatic carbocycles. The Morgan fingerprint density at radius 3 is 2.39 bits per heavy atom. The highest BCUT2D eigenvalue weighted by atomic mass is 16.7. The molecule has 7 aliphatic rings. The summed E-state index contributed by atoms with van der Waals surface area (Å²) in [4.78, 5) is 14.4. The van der Waals surface area contributed by atoms with E-state index in [1.54, 1.807) is 40.2 Å². The smallest absolute Gasteiger partial charge is 0.316 e. The third-order valence-corrected chi connectivity index (χ3v) is 14.5. The summed E-state index contributed by atoms with van der Waals surface area (Å²) >= 11 is 0. The molecule has 62 heavy (non-hydrogen) atoms. The highest BCUT2D eigenvalue weighted by Gasteiger charge is 2.60. The zero-order valence-corrected chi connectivity index (χ0v) is 38.2. The van der Waals surface area contributed by atoms with Crippen molar-refractivity contribution in [3.8, 4) is 0 Å². The summed E-state index contributed by atoms with van der Waals surface area (Å²) in [5, 5.41) is 34.3. The first-order valence-corrected chi connectivity index (χ1v) is 22.9. The molecule has 1 aliphatic carbocycles. The fraction of sp³-hybridized carbons (Fsp3) is 0.812. The molecule has 6 heterocycles. The van der Waals surface area contributed by atoms with Crippen LogP contribution < -0.4 is 0 Å². The number of carbonyl (C=O) groups is 1. The topological polar surface area (TPSA) is 170 Å². The number of fused-ring (bicyclic) bond motifs is 2. The molecule has 0 radical (unpaired) electrons. The van der Waals surface area contributed by atoms with E-state index in [1.165, 1.54) is 0 Å². The van der Waals surface area contributed by atoms with Crippen LogP contribution in [0.5, 0.6) is 0 Å². The normalized spacial score (nSPS) is 51.4. The minimum absolute atomic E-state index is 0.00937. The monoisotopic (exact) mass is 877 g/mol. The zero-order valence-electron chi connectivity index (χ0n) is 40.2. The van der Waals surface area contributed by atoms with Crippen molar-refractivity contribution in [1.29, 1.82) is 0 Å². The molecule has 3 N–H and O–H groups in total. The fourth-order valence-electron chi connectivity index (χ4n) is 10.6. The van der Waals surface area contributed by atoms with Gasteiger partial charge in [0.1, 0.15) is 42.0 Å². The van der Waals surface area contributed by atoms with Gasteiger partial charge in [0.25, 0.3) is 0 Å². The lowest BCUT2D eigenvalue weighted by atomic mass is 9.71. The molecule has 350 valence electrons. The minimum Gasteiger partial charge on any atom is -0.462 e. The van der Waals surface area contributed by atoms with E-state index in [1.807, 2.05) is 39.8 Å². The van der Waals surface area contributed by atoms with Crippen molar-refractivity contribution in [1.82, 2.24) is 0 Å². The fourth-order valence-corrected chi connectivity index (χ4v) is 10.6. The van der Waals surface area contributed by atoms with Crippen molar-refractivity contribution in [2.24, 2.45) is 23.7 Å². The number of aliphatic hydroxyl groups is 3. The second-order valence-electron chi connectivity index (χ2n) is 19.0. The Morgan fingerprint density at radius 2 is 1.66 bits per heavy atom. The number of ether oxygens (including phenoxy) is 10. The predicted octanol–water partition coefficient (Wildman–Crippen LogP) is 5.60. The summed E-state index contributed by atoms with van der Waals surface area (Å²) in [5.74, 6) is -3.77. The van der Waals surface area contributed by atoms with Crippen molar-refractivity contribution in [3.05, 3.63) is 47.1 Å². The largest absolute Gasteiger partial charge is 0.462 e. The molecular formula is C48H74O14. The molecule has 5 saturated heterocycles. The van der Waals surface area contributed by atoms with Crippen LogP contribution in [0.4, 0.5) is 0 Å². The molecule has 0 aromatic heterocycles. The van der Waals surface area contributed by atoms with Gasteiger partial charge in [-0.1, -0.05) is 64.5 Å². The van der Waals surface area contributed by atoms with Crippen LogP contribution in [0.15, 0.2) is 47.1 Å². The van der Waals surface area contributed by atoms with Crippen LogP contribution in [0.25, 0.3) is 0 Å². The Hall–Kier alpha value is -2.05. The van der Waals surface area contributed by atoms with E-state index in [-0.39, 0.29) is 43.3 Å². The van der Waals surface area contributed by atoms with E-state index < -0.39 is 116 Å². The number of allylic oxidation sites excluding steroid dienone is 2. The van der Waals surface area contributed by atoms with E-state index in [0.29, 0.717) is 30.4 Å². The molecule has 14 nitrogen and oxygen atoms in total. The average Bonchev–Trinajstić information content (AvgIpc) is 3.61. The second kappa shape index (κ2) is 19.8. The number of hydrogen-bond acceptors (Lipinski definition) is 14. The Labute approximate surface area is 371 Å². The Balaban J connectivity index is 1.20. The first-order chi connectivity index (χ1) is 30.3. The standard InChI is InChI=1S/C48H74O14/c1-11-25(2)43-28(5)17-18-47(62-43)23-34-20-33(61-47)16-15-27(4)42(26(3)13-12-14-32-24-55-45-40(49)29(6)19-35(46(51)58-34)48(32,45)52)59-39-22-37(54-10)44(31(8)57-39)60-38-21-36(53-9)41(50)30(7)56-38/h12-15,19,25-26,28,30-31,33-45,49-50,52H,11,16-18,20-24H2,1-10H3/b13-12+,27-15+,32-14?/t25-,26-,28-,30-,31-,33+,34-,35-,36-,37-,38-,39-,40+,41-,42-,43+,44-,45+,47+,48+/m0/s1/i17D,18D/t17?,18-,25-,26-,28-,30-,31-,33+,34-,35-,36-,37-,38-,39-,40+,41-,42-,43+,44-,45+,47+,48+. The maximum Gasteiger partial charge on any atom is 0.316 e. The van der Waals surface area contributed by atoms with Gasteiger partial charge in [-0.3, -0.25) is 4.79 Å². The van der Waals surface area contributed by atoms with Gasteiger partial charge in [-0.25, -0.2) is 0 Å². The molecule has 14 heteroatoms. The van der Waals surface area contributed by atoms with E-state index >= 15 is 0 Å². The molecule has 1 spiro atoms.